The van der Waals surface area contributed by atoms with Gasteiger partial charge in [-0.1, -0.05) is 18.2 Å². The molecule has 7 heteroatoms. The molecular weight excluding hydrogens is 332 g/mol. The highest BCUT2D eigenvalue weighted by atomic mass is 16.2. The monoisotopic (exact) mass is 356 g/mol. The summed E-state index contributed by atoms with van der Waals surface area (Å²) in [5, 5.41) is 5.72. The molecule has 4 rings (SSSR count). The lowest BCUT2D eigenvalue weighted by atomic mass is 10.0. The first kappa shape index (κ1) is 17.2. The molecule has 2 unspecified atom stereocenters. The third-order valence-corrected chi connectivity index (χ3v) is 5.72. The number of likely N-dealkylation sites (N-methyl/N-ethyl adjacent to an activating group) is 1. The standard InChI is InChI=1S/C19H24N4O3/c1-22(14-7-8-20-9-14)10-12-3-2-4-13-11-23(19(26)17(12)13)15-5-6-16(24)21-18(15)25/h2-4,14-15,20H,5-11H2,1H3,(H,21,24,25). The summed E-state index contributed by atoms with van der Waals surface area (Å²) in [5.41, 5.74) is 2.71. The van der Waals surface area contributed by atoms with E-state index in [9.17, 15) is 14.4 Å². The number of imide groups is 1. The molecule has 0 spiro atoms. The van der Waals surface area contributed by atoms with Gasteiger partial charge in [0.25, 0.3) is 5.91 Å². The van der Waals surface area contributed by atoms with Crippen LogP contribution >= 0.6 is 0 Å². The van der Waals surface area contributed by atoms with Crippen LogP contribution in [0.4, 0.5) is 0 Å². The van der Waals surface area contributed by atoms with Gasteiger partial charge in [0.2, 0.25) is 11.8 Å². The Labute approximate surface area is 152 Å². The van der Waals surface area contributed by atoms with Gasteiger partial charge in [0.05, 0.1) is 0 Å². The molecule has 0 aliphatic carbocycles. The molecule has 2 N–H and O–H groups in total. The van der Waals surface area contributed by atoms with Gasteiger partial charge in [-0.2, -0.15) is 0 Å². The van der Waals surface area contributed by atoms with E-state index in [1.165, 1.54) is 0 Å². The van der Waals surface area contributed by atoms with Crippen LogP contribution in [0.15, 0.2) is 18.2 Å². The first-order valence-electron chi connectivity index (χ1n) is 9.21. The van der Waals surface area contributed by atoms with Gasteiger partial charge in [-0.25, -0.2) is 0 Å². The van der Waals surface area contributed by atoms with Crippen LogP contribution in [-0.2, 0) is 22.7 Å². The Hall–Kier alpha value is -2.25. The number of carbonyl (C=O) groups excluding carboxylic acids is 3. The van der Waals surface area contributed by atoms with Crippen molar-refractivity contribution in [3.63, 3.8) is 0 Å². The van der Waals surface area contributed by atoms with Gasteiger partial charge < -0.3 is 10.2 Å². The van der Waals surface area contributed by atoms with E-state index < -0.39 is 6.04 Å². The molecule has 138 valence electrons. The number of carbonyl (C=O) groups is 3. The largest absolute Gasteiger partial charge is 0.322 e. The summed E-state index contributed by atoms with van der Waals surface area (Å²) in [5.74, 6) is -0.718. The Balaban J connectivity index is 1.55. The number of nitrogens with zero attached hydrogens (tertiary/aromatic N) is 2. The molecule has 3 amide bonds. The van der Waals surface area contributed by atoms with Crippen molar-refractivity contribution in [3.8, 4) is 0 Å². The molecule has 7 nitrogen and oxygen atoms in total. The van der Waals surface area contributed by atoms with E-state index in [1.54, 1.807) is 4.90 Å². The summed E-state index contributed by atoms with van der Waals surface area (Å²) in [7, 11) is 2.09. The van der Waals surface area contributed by atoms with Crippen molar-refractivity contribution >= 4 is 17.7 Å². The van der Waals surface area contributed by atoms with Crippen LogP contribution in [0.1, 0.15) is 40.7 Å². The summed E-state index contributed by atoms with van der Waals surface area (Å²) in [6.45, 7) is 3.15. The van der Waals surface area contributed by atoms with Crippen molar-refractivity contribution in [3.05, 3.63) is 34.9 Å². The first-order chi connectivity index (χ1) is 12.5. The third kappa shape index (κ3) is 3.01. The summed E-state index contributed by atoms with van der Waals surface area (Å²) in [4.78, 5) is 40.6. The second-order valence-electron chi connectivity index (χ2n) is 7.41. The van der Waals surface area contributed by atoms with Crippen LogP contribution in [0.25, 0.3) is 0 Å². The minimum atomic E-state index is -0.558. The second kappa shape index (κ2) is 6.81. The maximum atomic E-state index is 13.1. The number of amides is 3. The van der Waals surface area contributed by atoms with Crippen LogP contribution in [0, 0.1) is 0 Å². The number of fused-ring (bicyclic) bond motifs is 1. The number of hydrogen-bond donors (Lipinski definition) is 2. The summed E-state index contributed by atoms with van der Waals surface area (Å²) in [6.07, 6.45) is 1.79. The predicted octanol–water partition coefficient (Wildman–Crippen LogP) is 0.241. The fourth-order valence-electron chi connectivity index (χ4n) is 4.24. The zero-order valence-corrected chi connectivity index (χ0v) is 15.0. The Kier molecular flexibility index (Phi) is 4.50. The lowest BCUT2D eigenvalue weighted by Gasteiger charge is -2.29. The summed E-state index contributed by atoms with van der Waals surface area (Å²) in [6, 6.07) is 5.87. The van der Waals surface area contributed by atoms with Crippen molar-refractivity contribution < 1.29 is 14.4 Å². The predicted molar refractivity (Wildman–Crippen MR) is 95.2 cm³/mol. The van der Waals surface area contributed by atoms with Crippen molar-refractivity contribution in [1.82, 2.24) is 20.4 Å². The van der Waals surface area contributed by atoms with Gasteiger partial charge in [0.1, 0.15) is 6.04 Å². The molecule has 3 aliphatic heterocycles. The average molecular weight is 356 g/mol. The zero-order chi connectivity index (χ0) is 18.3. The van der Waals surface area contributed by atoms with Crippen LogP contribution in [-0.4, -0.2) is 59.7 Å². The Bertz CT molecular complexity index is 757. The fourth-order valence-corrected chi connectivity index (χ4v) is 4.24. The SMILES string of the molecule is CN(Cc1cccc2c1C(=O)N(C1CCC(=O)NC1=O)C2)C1CCNC1. The summed E-state index contributed by atoms with van der Waals surface area (Å²) < 4.78 is 0. The smallest absolute Gasteiger partial charge is 0.255 e. The molecule has 3 aliphatic rings. The van der Waals surface area contributed by atoms with E-state index >= 15 is 0 Å². The highest BCUT2D eigenvalue weighted by molar-refractivity contribution is 6.05. The Morgan fingerprint density at radius 1 is 1.23 bits per heavy atom. The normalized spacial score (nSPS) is 25.8. The lowest BCUT2D eigenvalue weighted by Crippen LogP contribution is -2.52. The number of nitrogens with one attached hydrogen (secondary N) is 2. The van der Waals surface area contributed by atoms with E-state index in [1.807, 2.05) is 18.2 Å². The van der Waals surface area contributed by atoms with Crippen molar-refractivity contribution in [1.29, 1.82) is 0 Å². The van der Waals surface area contributed by atoms with Crippen LogP contribution in [0.3, 0.4) is 0 Å². The molecular formula is C19H24N4O3. The number of hydrogen-bond acceptors (Lipinski definition) is 5. The van der Waals surface area contributed by atoms with Gasteiger partial charge in [-0.05, 0) is 37.6 Å². The maximum absolute atomic E-state index is 13.1. The van der Waals surface area contributed by atoms with Gasteiger partial charge in [0.15, 0.2) is 0 Å². The molecule has 2 fully saturated rings. The molecule has 1 aromatic rings. The quantitative estimate of drug-likeness (QED) is 0.756. The molecule has 3 heterocycles. The Morgan fingerprint density at radius 2 is 2.08 bits per heavy atom. The minimum Gasteiger partial charge on any atom is -0.322 e. The average Bonchev–Trinajstić information content (AvgIpc) is 3.24. The third-order valence-electron chi connectivity index (χ3n) is 5.72. The molecule has 2 atom stereocenters. The van der Waals surface area contributed by atoms with Gasteiger partial charge in [-0.15, -0.1) is 0 Å². The second-order valence-corrected chi connectivity index (χ2v) is 7.41. The van der Waals surface area contributed by atoms with Gasteiger partial charge in [0, 0.05) is 37.7 Å². The fraction of sp³-hybridized carbons (Fsp3) is 0.526. The van der Waals surface area contributed by atoms with Crippen molar-refractivity contribution in [2.24, 2.45) is 0 Å². The van der Waals surface area contributed by atoms with Crippen molar-refractivity contribution in [2.45, 2.75) is 44.4 Å². The molecule has 1 aromatic carbocycles. The minimum absolute atomic E-state index is 0.0944. The molecule has 0 saturated carbocycles. The van der Waals surface area contributed by atoms with Crippen LogP contribution < -0.4 is 10.6 Å². The topological polar surface area (TPSA) is 81.8 Å². The van der Waals surface area contributed by atoms with E-state index in [0.717, 1.165) is 36.2 Å². The van der Waals surface area contributed by atoms with E-state index in [0.29, 0.717) is 25.6 Å². The molecule has 2 saturated heterocycles. The van der Waals surface area contributed by atoms with E-state index in [4.69, 9.17) is 0 Å². The van der Waals surface area contributed by atoms with Gasteiger partial charge in [-0.3, -0.25) is 24.6 Å². The Morgan fingerprint density at radius 3 is 2.81 bits per heavy atom. The highest BCUT2D eigenvalue weighted by Crippen LogP contribution is 2.30. The van der Waals surface area contributed by atoms with Gasteiger partial charge >= 0.3 is 0 Å². The first-order valence-corrected chi connectivity index (χ1v) is 9.21. The summed E-state index contributed by atoms with van der Waals surface area (Å²) >= 11 is 0. The zero-order valence-electron chi connectivity index (χ0n) is 15.0. The van der Waals surface area contributed by atoms with Crippen LogP contribution in [0.2, 0.25) is 0 Å². The maximum Gasteiger partial charge on any atom is 0.255 e. The molecule has 26 heavy (non-hydrogen) atoms. The van der Waals surface area contributed by atoms with E-state index in [-0.39, 0.29) is 24.1 Å². The molecule has 0 aromatic heterocycles. The highest BCUT2D eigenvalue weighted by Gasteiger charge is 2.40. The molecule has 0 bridgehead atoms. The van der Waals surface area contributed by atoms with Crippen molar-refractivity contribution in [2.75, 3.05) is 20.1 Å². The van der Waals surface area contributed by atoms with E-state index in [2.05, 4.69) is 22.6 Å². The number of rotatable bonds is 4. The number of piperidine rings is 1. The lowest BCUT2D eigenvalue weighted by molar-refractivity contribution is -0.136. The molecule has 0 radical (unpaired) electrons. The van der Waals surface area contributed by atoms with Crippen LogP contribution in [0.5, 0.6) is 0 Å². The number of benzene rings is 1.